The Morgan fingerprint density at radius 2 is 1.78 bits per heavy atom. The summed E-state index contributed by atoms with van der Waals surface area (Å²) < 4.78 is 74.2. The maximum atomic E-state index is 13.9. The van der Waals surface area contributed by atoms with Gasteiger partial charge in [-0.1, -0.05) is 50.0 Å². The van der Waals surface area contributed by atoms with E-state index in [0.29, 0.717) is 5.56 Å². The third kappa shape index (κ3) is 7.92. The molecule has 0 atom stereocenters. The SMILES string of the molecule is CCOC(=O)c1cc2nc(Nc3c(Cl)ccc(CNC(=O)C(C)(C)C)c3Cl)n(CC(F)F)c2cc1N1CCC(C(F)(F)F)CC1. The summed E-state index contributed by atoms with van der Waals surface area (Å²) in [4.78, 5) is 31.5. The zero-order valence-corrected chi connectivity index (χ0v) is 26.6. The van der Waals surface area contributed by atoms with Crippen molar-refractivity contribution in [1.29, 1.82) is 0 Å². The van der Waals surface area contributed by atoms with Crippen molar-refractivity contribution in [3.05, 3.63) is 45.4 Å². The highest BCUT2D eigenvalue weighted by Gasteiger charge is 2.41. The minimum atomic E-state index is -4.34. The van der Waals surface area contributed by atoms with E-state index in [1.807, 2.05) is 0 Å². The van der Waals surface area contributed by atoms with E-state index in [2.05, 4.69) is 15.6 Å². The number of amides is 1. The van der Waals surface area contributed by atoms with Gasteiger partial charge >= 0.3 is 12.1 Å². The summed E-state index contributed by atoms with van der Waals surface area (Å²) in [5.41, 5.74) is 0.705. The van der Waals surface area contributed by atoms with Crippen LogP contribution in [0.2, 0.25) is 10.0 Å². The molecule has 0 aliphatic carbocycles. The van der Waals surface area contributed by atoms with Crippen molar-refractivity contribution in [2.24, 2.45) is 11.3 Å². The molecule has 2 aromatic carbocycles. The fourth-order valence-corrected chi connectivity index (χ4v) is 5.59. The second-order valence-corrected chi connectivity index (χ2v) is 12.6. The van der Waals surface area contributed by atoms with Gasteiger partial charge in [-0.25, -0.2) is 18.6 Å². The molecule has 1 saturated heterocycles. The van der Waals surface area contributed by atoms with Crippen molar-refractivity contribution < 1.29 is 36.3 Å². The van der Waals surface area contributed by atoms with Crippen LogP contribution in [0.1, 0.15) is 56.5 Å². The largest absolute Gasteiger partial charge is 0.462 e. The van der Waals surface area contributed by atoms with Crippen LogP contribution in [-0.4, -0.2) is 53.7 Å². The fraction of sp³-hybridized carbons (Fsp3) is 0.500. The molecule has 3 aromatic rings. The third-order valence-corrected chi connectivity index (χ3v) is 8.26. The first-order chi connectivity index (χ1) is 21.0. The van der Waals surface area contributed by atoms with Gasteiger partial charge in [0.2, 0.25) is 11.9 Å². The maximum absolute atomic E-state index is 13.9. The third-order valence-electron chi connectivity index (χ3n) is 7.51. The molecule has 1 amide bonds. The molecule has 2 N–H and O–H groups in total. The van der Waals surface area contributed by atoms with Crippen LogP contribution in [-0.2, 0) is 22.6 Å². The number of imidazole rings is 1. The number of esters is 1. The number of anilines is 3. The van der Waals surface area contributed by atoms with Crippen molar-refractivity contribution >= 4 is 63.4 Å². The molecule has 8 nitrogen and oxygen atoms in total. The Bertz CT molecular complexity index is 1560. The van der Waals surface area contributed by atoms with Crippen LogP contribution in [0.4, 0.5) is 39.3 Å². The fourth-order valence-electron chi connectivity index (χ4n) is 5.06. The van der Waals surface area contributed by atoms with Crippen LogP contribution in [0.25, 0.3) is 11.0 Å². The lowest BCUT2D eigenvalue weighted by Crippen LogP contribution is -2.39. The summed E-state index contributed by atoms with van der Waals surface area (Å²) in [5, 5.41) is 6.03. The van der Waals surface area contributed by atoms with E-state index in [4.69, 9.17) is 27.9 Å². The van der Waals surface area contributed by atoms with Crippen molar-refractivity contribution in [2.45, 2.75) is 66.2 Å². The number of piperidine rings is 1. The molecule has 246 valence electrons. The number of benzene rings is 2. The molecule has 1 fully saturated rings. The zero-order valence-electron chi connectivity index (χ0n) is 25.1. The van der Waals surface area contributed by atoms with Gasteiger partial charge in [0.05, 0.1) is 57.1 Å². The molecule has 1 aliphatic heterocycles. The maximum Gasteiger partial charge on any atom is 0.391 e. The number of hydrogen-bond donors (Lipinski definition) is 2. The average Bonchev–Trinajstić information content (AvgIpc) is 3.28. The molecule has 0 spiro atoms. The Labute approximate surface area is 267 Å². The van der Waals surface area contributed by atoms with Gasteiger partial charge in [0, 0.05) is 25.0 Å². The molecule has 0 unspecified atom stereocenters. The minimum absolute atomic E-state index is 0.0000595. The highest BCUT2D eigenvalue weighted by atomic mass is 35.5. The van der Waals surface area contributed by atoms with Crippen LogP contribution in [0.3, 0.4) is 0 Å². The van der Waals surface area contributed by atoms with Gasteiger partial charge in [0.1, 0.15) is 0 Å². The number of alkyl halides is 5. The highest BCUT2D eigenvalue weighted by Crippen LogP contribution is 2.40. The van der Waals surface area contributed by atoms with E-state index in [-0.39, 0.29) is 89.0 Å². The number of ether oxygens (including phenoxy) is 1. The normalized spacial score (nSPS) is 14.7. The lowest BCUT2D eigenvalue weighted by molar-refractivity contribution is -0.179. The number of carbonyl (C=O) groups excluding carboxylic acids is 2. The molecule has 0 bridgehead atoms. The summed E-state index contributed by atoms with van der Waals surface area (Å²) in [7, 11) is 0. The lowest BCUT2D eigenvalue weighted by Gasteiger charge is -2.35. The Kier molecular flexibility index (Phi) is 10.4. The first-order valence-electron chi connectivity index (χ1n) is 14.3. The average molecular weight is 679 g/mol. The molecule has 15 heteroatoms. The first-order valence-corrected chi connectivity index (χ1v) is 15.1. The molecule has 4 rings (SSSR count). The van der Waals surface area contributed by atoms with Crippen molar-refractivity contribution in [3.8, 4) is 0 Å². The van der Waals surface area contributed by atoms with E-state index in [1.165, 1.54) is 22.8 Å². The molecule has 0 saturated carbocycles. The Balaban J connectivity index is 1.77. The van der Waals surface area contributed by atoms with Crippen LogP contribution >= 0.6 is 23.2 Å². The van der Waals surface area contributed by atoms with Gasteiger partial charge in [0.15, 0.2) is 0 Å². The molecular formula is C30H34Cl2F5N5O3. The number of aromatic nitrogens is 2. The quantitative estimate of drug-likeness (QED) is 0.176. The van der Waals surface area contributed by atoms with Gasteiger partial charge in [-0.05, 0) is 43.5 Å². The number of fused-ring (bicyclic) bond motifs is 1. The van der Waals surface area contributed by atoms with Crippen molar-refractivity contribution in [1.82, 2.24) is 14.9 Å². The Morgan fingerprint density at radius 1 is 1.11 bits per heavy atom. The molecule has 45 heavy (non-hydrogen) atoms. The van der Waals surface area contributed by atoms with E-state index in [0.717, 1.165) is 0 Å². The predicted octanol–water partition coefficient (Wildman–Crippen LogP) is 7.97. The topological polar surface area (TPSA) is 88.5 Å². The molecule has 1 aromatic heterocycles. The summed E-state index contributed by atoms with van der Waals surface area (Å²) >= 11 is 13.1. The van der Waals surface area contributed by atoms with E-state index in [1.54, 1.807) is 38.7 Å². The van der Waals surface area contributed by atoms with E-state index >= 15 is 0 Å². The van der Waals surface area contributed by atoms with Gasteiger partial charge in [-0.3, -0.25) is 4.79 Å². The van der Waals surface area contributed by atoms with E-state index < -0.39 is 36.4 Å². The van der Waals surface area contributed by atoms with E-state index in [9.17, 15) is 31.5 Å². The van der Waals surface area contributed by atoms with Crippen LogP contribution in [0, 0.1) is 11.3 Å². The highest BCUT2D eigenvalue weighted by molar-refractivity contribution is 6.39. The number of hydrogen-bond acceptors (Lipinski definition) is 6. The van der Waals surface area contributed by atoms with Gasteiger partial charge in [-0.15, -0.1) is 0 Å². The van der Waals surface area contributed by atoms with Crippen LogP contribution in [0.5, 0.6) is 0 Å². The molecular weight excluding hydrogens is 644 g/mol. The smallest absolute Gasteiger partial charge is 0.391 e. The van der Waals surface area contributed by atoms with Gasteiger partial charge in [-0.2, -0.15) is 13.2 Å². The number of nitrogens with zero attached hydrogens (tertiary/aromatic N) is 3. The lowest BCUT2D eigenvalue weighted by atomic mass is 9.95. The van der Waals surface area contributed by atoms with Gasteiger partial charge in [0.25, 0.3) is 6.43 Å². The zero-order chi connectivity index (χ0) is 33.3. The minimum Gasteiger partial charge on any atom is -0.462 e. The standard InChI is InChI=1S/C30H34Cl2F5N5O3/c1-5-45-26(43)18-12-20-22(13-21(18)41-10-8-17(9-11-41)30(35,36)37)42(15-23(33)34)28(39-20)40-25-19(31)7-6-16(24(25)32)14-38-27(44)29(2,3)4/h6-7,12-13,17,23H,5,8-11,14-15H2,1-4H3,(H,38,44)(H,39,40). The monoisotopic (exact) mass is 677 g/mol. The van der Waals surface area contributed by atoms with Gasteiger partial charge < -0.3 is 24.8 Å². The second kappa shape index (κ2) is 13.6. The second-order valence-electron chi connectivity index (χ2n) is 11.8. The molecule has 2 heterocycles. The summed E-state index contributed by atoms with van der Waals surface area (Å²) in [6.45, 7) is 6.21. The number of rotatable bonds is 9. The summed E-state index contributed by atoms with van der Waals surface area (Å²) in [6.07, 6.45) is -7.52. The molecule has 0 radical (unpaired) electrons. The number of halogens is 7. The summed E-state index contributed by atoms with van der Waals surface area (Å²) in [6, 6.07) is 6.02. The Morgan fingerprint density at radius 3 is 2.36 bits per heavy atom. The van der Waals surface area contributed by atoms with Crippen LogP contribution < -0.4 is 15.5 Å². The predicted molar refractivity (Wildman–Crippen MR) is 164 cm³/mol. The number of carbonyl (C=O) groups is 2. The first kappa shape index (κ1) is 34.6. The summed E-state index contributed by atoms with van der Waals surface area (Å²) in [5.74, 6) is -2.47. The van der Waals surface area contributed by atoms with Crippen LogP contribution in [0.15, 0.2) is 24.3 Å². The Hall–Kier alpha value is -3.32. The van der Waals surface area contributed by atoms with Crippen molar-refractivity contribution in [3.63, 3.8) is 0 Å². The molecule has 1 aliphatic rings. The van der Waals surface area contributed by atoms with Crippen molar-refractivity contribution in [2.75, 3.05) is 29.9 Å². The number of nitrogens with one attached hydrogen (secondary N) is 2.